The van der Waals surface area contributed by atoms with Gasteiger partial charge in [0.05, 0.1) is 19.3 Å². The number of nitrogens with zero attached hydrogens (tertiary/aromatic N) is 2. The zero-order valence-corrected chi connectivity index (χ0v) is 18.5. The van der Waals surface area contributed by atoms with Crippen LogP contribution in [0.4, 0.5) is 11.4 Å². The maximum absolute atomic E-state index is 12.7. The summed E-state index contributed by atoms with van der Waals surface area (Å²) in [6.07, 6.45) is 0. The minimum atomic E-state index is 0.0240. The molecule has 0 aromatic heterocycles. The molecule has 6 heteroatoms. The summed E-state index contributed by atoms with van der Waals surface area (Å²) in [5.41, 5.74) is 2.02. The van der Waals surface area contributed by atoms with E-state index in [4.69, 9.17) is 4.74 Å². The fourth-order valence-corrected chi connectivity index (χ4v) is 4.56. The third-order valence-corrected chi connectivity index (χ3v) is 6.37. The maximum Gasteiger partial charge on any atom is 0.238 e. The van der Waals surface area contributed by atoms with Crippen LogP contribution in [0.5, 0.6) is 5.75 Å². The van der Waals surface area contributed by atoms with Gasteiger partial charge in [-0.05, 0) is 36.4 Å². The topological polar surface area (TPSA) is 44.8 Å². The molecular weight excluding hydrogens is 406 g/mol. The van der Waals surface area contributed by atoms with Crippen LogP contribution in [0.3, 0.4) is 0 Å². The first kappa shape index (κ1) is 21.3. The van der Waals surface area contributed by atoms with Crippen LogP contribution >= 0.6 is 11.8 Å². The van der Waals surface area contributed by atoms with E-state index in [-0.39, 0.29) is 5.91 Å². The van der Waals surface area contributed by atoms with E-state index in [9.17, 15) is 4.79 Å². The average molecular weight is 434 g/mol. The van der Waals surface area contributed by atoms with Gasteiger partial charge in [0, 0.05) is 47.7 Å². The Hall–Kier alpha value is -2.96. The SMILES string of the molecule is COc1cccc(N2CCN(CC(=O)Nc3ccccc3Sc3ccccc3)CC2)c1. The largest absolute Gasteiger partial charge is 0.497 e. The van der Waals surface area contributed by atoms with E-state index in [1.807, 2.05) is 54.6 Å². The molecule has 1 saturated heterocycles. The summed E-state index contributed by atoms with van der Waals surface area (Å²) < 4.78 is 5.33. The lowest BCUT2D eigenvalue weighted by Crippen LogP contribution is -2.48. The number of benzene rings is 3. The normalized spacial score (nSPS) is 14.3. The van der Waals surface area contributed by atoms with Gasteiger partial charge >= 0.3 is 0 Å². The van der Waals surface area contributed by atoms with Gasteiger partial charge < -0.3 is 15.0 Å². The molecule has 0 aliphatic carbocycles. The molecule has 1 aliphatic rings. The Labute approximate surface area is 188 Å². The van der Waals surface area contributed by atoms with Crippen LogP contribution in [-0.2, 0) is 4.79 Å². The minimum Gasteiger partial charge on any atom is -0.497 e. The van der Waals surface area contributed by atoms with Gasteiger partial charge in [-0.3, -0.25) is 9.69 Å². The second-order valence-electron chi connectivity index (χ2n) is 7.42. The monoisotopic (exact) mass is 433 g/mol. The Kier molecular flexibility index (Phi) is 7.12. The predicted octanol–water partition coefficient (Wildman–Crippen LogP) is 4.61. The number of methoxy groups -OCH3 is 1. The highest BCUT2D eigenvalue weighted by molar-refractivity contribution is 7.99. The van der Waals surface area contributed by atoms with Crippen molar-refractivity contribution in [2.24, 2.45) is 0 Å². The fraction of sp³-hybridized carbons (Fsp3) is 0.240. The summed E-state index contributed by atoms with van der Waals surface area (Å²) in [7, 11) is 1.69. The van der Waals surface area contributed by atoms with Crippen molar-refractivity contribution in [2.75, 3.05) is 50.1 Å². The van der Waals surface area contributed by atoms with Crippen molar-refractivity contribution in [3.05, 3.63) is 78.9 Å². The van der Waals surface area contributed by atoms with Gasteiger partial charge in [-0.2, -0.15) is 0 Å². The standard InChI is InChI=1S/C25H27N3O2S/c1-30-21-9-7-8-20(18-21)28-16-14-27(15-17-28)19-25(29)26-23-12-5-6-13-24(23)31-22-10-3-2-4-11-22/h2-13,18H,14-17,19H2,1H3,(H,26,29). The Balaban J connectivity index is 1.31. The minimum absolute atomic E-state index is 0.0240. The Morgan fingerprint density at radius 3 is 2.45 bits per heavy atom. The van der Waals surface area contributed by atoms with Gasteiger partial charge in [-0.25, -0.2) is 0 Å². The number of hydrogen-bond donors (Lipinski definition) is 1. The quantitative estimate of drug-likeness (QED) is 0.590. The highest BCUT2D eigenvalue weighted by Gasteiger charge is 2.20. The highest BCUT2D eigenvalue weighted by atomic mass is 32.2. The van der Waals surface area contributed by atoms with Crippen molar-refractivity contribution in [1.29, 1.82) is 0 Å². The lowest BCUT2D eigenvalue weighted by molar-refractivity contribution is -0.117. The molecule has 0 bridgehead atoms. The first-order valence-electron chi connectivity index (χ1n) is 10.4. The van der Waals surface area contributed by atoms with Crippen molar-refractivity contribution in [3.8, 4) is 5.75 Å². The smallest absolute Gasteiger partial charge is 0.238 e. The Morgan fingerprint density at radius 1 is 0.935 bits per heavy atom. The summed E-state index contributed by atoms with van der Waals surface area (Å²) in [5, 5.41) is 3.10. The first-order valence-corrected chi connectivity index (χ1v) is 11.3. The molecule has 1 heterocycles. The van der Waals surface area contributed by atoms with E-state index in [1.54, 1.807) is 18.9 Å². The van der Waals surface area contributed by atoms with E-state index in [0.717, 1.165) is 53.1 Å². The molecule has 0 atom stereocenters. The zero-order chi connectivity index (χ0) is 21.5. The summed E-state index contributed by atoms with van der Waals surface area (Å²) in [4.78, 5) is 19.5. The molecule has 5 nitrogen and oxygen atoms in total. The van der Waals surface area contributed by atoms with Crippen LogP contribution in [0.2, 0.25) is 0 Å². The van der Waals surface area contributed by atoms with Crippen LogP contribution in [0.25, 0.3) is 0 Å². The number of nitrogens with one attached hydrogen (secondary N) is 1. The first-order chi connectivity index (χ1) is 15.2. The fourth-order valence-electron chi connectivity index (χ4n) is 3.64. The van der Waals surface area contributed by atoms with Gasteiger partial charge in [0.25, 0.3) is 0 Å². The van der Waals surface area contributed by atoms with E-state index >= 15 is 0 Å². The molecule has 4 rings (SSSR count). The van der Waals surface area contributed by atoms with Crippen LogP contribution < -0.4 is 15.0 Å². The molecular formula is C25H27N3O2S. The van der Waals surface area contributed by atoms with Crippen molar-refractivity contribution in [3.63, 3.8) is 0 Å². The molecule has 3 aromatic carbocycles. The predicted molar refractivity (Wildman–Crippen MR) is 127 cm³/mol. The molecule has 0 saturated carbocycles. The van der Waals surface area contributed by atoms with Gasteiger partial charge in [-0.1, -0.05) is 48.2 Å². The van der Waals surface area contributed by atoms with Crippen molar-refractivity contribution < 1.29 is 9.53 Å². The zero-order valence-electron chi connectivity index (χ0n) is 17.7. The van der Waals surface area contributed by atoms with Crippen LogP contribution in [0.15, 0.2) is 88.7 Å². The van der Waals surface area contributed by atoms with Crippen LogP contribution in [0, 0.1) is 0 Å². The van der Waals surface area contributed by atoms with E-state index in [0.29, 0.717) is 6.54 Å². The number of carbonyl (C=O) groups excluding carboxylic acids is 1. The summed E-state index contributed by atoms with van der Waals surface area (Å²) in [6, 6.07) is 26.3. The number of ether oxygens (including phenoxy) is 1. The van der Waals surface area contributed by atoms with Gasteiger partial charge in [0.2, 0.25) is 5.91 Å². The summed E-state index contributed by atoms with van der Waals surface area (Å²) in [6.45, 7) is 3.88. The molecule has 1 fully saturated rings. The third-order valence-electron chi connectivity index (χ3n) is 5.29. The second-order valence-corrected chi connectivity index (χ2v) is 8.54. The van der Waals surface area contributed by atoms with Crippen molar-refractivity contribution in [2.45, 2.75) is 9.79 Å². The van der Waals surface area contributed by atoms with Crippen molar-refractivity contribution in [1.82, 2.24) is 4.90 Å². The number of piperazine rings is 1. The number of hydrogen-bond acceptors (Lipinski definition) is 5. The molecule has 0 radical (unpaired) electrons. The Bertz CT molecular complexity index is 1000. The maximum atomic E-state index is 12.7. The molecule has 0 unspecified atom stereocenters. The average Bonchev–Trinajstić information content (AvgIpc) is 2.81. The second kappa shape index (κ2) is 10.4. The molecule has 1 aliphatic heterocycles. The highest BCUT2D eigenvalue weighted by Crippen LogP contribution is 2.33. The third kappa shape index (κ3) is 5.81. The molecule has 160 valence electrons. The van der Waals surface area contributed by atoms with E-state index in [2.05, 4.69) is 39.4 Å². The molecule has 0 spiro atoms. The molecule has 1 amide bonds. The molecule has 3 aromatic rings. The lowest BCUT2D eigenvalue weighted by Gasteiger charge is -2.35. The van der Waals surface area contributed by atoms with Crippen molar-refractivity contribution >= 4 is 29.0 Å². The lowest BCUT2D eigenvalue weighted by atomic mass is 10.2. The van der Waals surface area contributed by atoms with Gasteiger partial charge in [0.15, 0.2) is 0 Å². The summed E-state index contributed by atoms with van der Waals surface area (Å²) in [5.74, 6) is 0.891. The van der Waals surface area contributed by atoms with E-state index in [1.165, 1.54) is 0 Å². The number of carbonyl (C=O) groups is 1. The molecule has 1 N–H and O–H groups in total. The number of amides is 1. The number of para-hydroxylation sites is 1. The van der Waals surface area contributed by atoms with Gasteiger partial charge in [0.1, 0.15) is 5.75 Å². The molecule has 31 heavy (non-hydrogen) atoms. The van der Waals surface area contributed by atoms with E-state index < -0.39 is 0 Å². The summed E-state index contributed by atoms with van der Waals surface area (Å²) >= 11 is 1.66. The number of anilines is 2. The van der Waals surface area contributed by atoms with Gasteiger partial charge in [-0.15, -0.1) is 0 Å². The number of rotatable bonds is 7. The Morgan fingerprint density at radius 2 is 1.68 bits per heavy atom. The van der Waals surface area contributed by atoms with Crippen LogP contribution in [0.1, 0.15) is 0 Å². The van der Waals surface area contributed by atoms with Crippen LogP contribution in [-0.4, -0.2) is 50.6 Å².